The van der Waals surface area contributed by atoms with Crippen LogP contribution in [0.4, 0.5) is 5.69 Å². The molecule has 0 unspecified atom stereocenters. The van der Waals surface area contributed by atoms with Crippen LogP contribution in [-0.2, 0) is 14.9 Å². The van der Waals surface area contributed by atoms with Crippen LogP contribution < -0.4 is 5.32 Å². The summed E-state index contributed by atoms with van der Waals surface area (Å²) in [5.74, 6) is 2.70. The molecule has 146 valence electrons. The third-order valence-electron chi connectivity index (χ3n) is 7.38. The van der Waals surface area contributed by atoms with E-state index in [-0.39, 0.29) is 5.91 Å². The van der Waals surface area contributed by atoms with Crippen LogP contribution in [0, 0.1) is 17.8 Å². The molecule has 4 saturated carbocycles. The van der Waals surface area contributed by atoms with Crippen molar-refractivity contribution in [2.45, 2.75) is 50.0 Å². The summed E-state index contributed by atoms with van der Waals surface area (Å²) in [7, 11) is 1.58. The van der Waals surface area contributed by atoms with Crippen LogP contribution in [0.15, 0.2) is 54.6 Å². The number of ether oxygens (including phenoxy) is 1. The maximum atomic E-state index is 12.7. The number of anilines is 1. The number of amides is 1. The van der Waals surface area contributed by atoms with Crippen molar-refractivity contribution in [2.24, 2.45) is 17.8 Å². The van der Waals surface area contributed by atoms with Crippen LogP contribution in [0.25, 0.3) is 0 Å². The van der Waals surface area contributed by atoms with Crippen molar-refractivity contribution in [1.82, 2.24) is 0 Å². The first-order valence-corrected chi connectivity index (χ1v) is 10.6. The number of carbonyl (C=O) groups excluding carboxylic acids is 1. The van der Waals surface area contributed by atoms with Crippen molar-refractivity contribution >= 4 is 11.6 Å². The minimum Gasteiger partial charge on any atom is -0.367 e. The fourth-order valence-electron chi connectivity index (χ4n) is 6.60. The SMILES string of the molecule is CO[C@@H](C(=O)Nc1ccc(C23CC4CC(CC(C4)C2)C3)cc1)c1ccccc1. The topological polar surface area (TPSA) is 38.3 Å². The van der Waals surface area contributed by atoms with Crippen LogP contribution in [0.3, 0.4) is 0 Å². The fraction of sp³-hybridized carbons (Fsp3) is 0.480. The highest BCUT2D eigenvalue weighted by atomic mass is 16.5. The Kier molecular flexibility index (Phi) is 4.51. The van der Waals surface area contributed by atoms with Crippen molar-refractivity contribution in [3.8, 4) is 0 Å². The summed E-state index contributed by atoms with van der Waals surface area (Å²) in [4.78, 5) is 12.7. The first-order chi connectivity index (χ1) is 13.6. The van der Waals surface area contributed by atoms with Crippen LogP contribution in [0.5, 0.6) is 0 Å². The van der Waals surface area contributed by atoms with E-state index in [4.69, 9.17) is 4.74 Å². The number of rotatable bonds is 5. The lowest BCUT2D eigenvalue weighted by molar-refractivity contribution is -0.126. The van der Waals surface area contributed by atoms with E-state index in [0.29, 0.717) is 5.41 Å². The lowest BCUT2D eigenvalue weighted by Gasteiger charge is -2.57. The van der Waals surface area contributed by atoms with Gasteiger partial charge in [-0.05, 0) is 85.0 Å². The Labute approximate surface area is 167 Å². The number of hydrogen-bond donors (Lipinski definition) is 1. The van der Waals surface area contributed by atoms with Gasteiger partial charge in [-0.25, -0.2) is 0 Å². The minimum atomic E-state index is -0.593. The van der Waals surface area contributed by atoms with Gasteiger partial charge in [0.1, 0.15) is 0 Å². The van der Waals surface area contributed by atoms with Crippen molar-refractivity contribution < 1.29 is 9.53 Å². The molecule has 1 atom stereocenters. The zero-order valence-corrected chi connectivity index (χ0v) is 16.6. The highest BCUT2D eigenvalue weighted by Gasteiger charge is 2.51. The quantitative estimate of drug-likeness (QED) is 0.751. The van der Waals surface area contributed by atoms with Gasteiger partial charge in [-0.1, -0.05) is 42.5 Å². The Morgan fingerprint density at radius 2 is 1.50 bits per heavy atom. The molecule has 0 aliphatic heterocycles. The predicted molar refractivity (Wildman–Crippen MR) is 111 cm³/mol. The van der Waals surface area contributed by atoms with Gasteiger partial charge in [0.2, 0.25) is 0 Å². The molecule has 4 aliphatic rings. The van der Waals surface area contributed by atoms with Crippen molar-refractivity contribution in [1.29, 1.82) is 0 Å². The van der Waals surface area contributed by atoms with Gasteiger partial charge in [0, 0.05) is 12.8 Å². The number of methoxy groups -OCH3 is 1. The Morgan fingerprint density at radius 3 is 2.04 bits per heavy atom. The van der Waals surface area contributed by atoms with E-state index < -0.39 is 6.10 Å². The van der Waals surface area contributed by atoms with Gasteiger partial charge >= 0.3 is 0 Å². The van der Waals surface area contributed by atoms with E-state index in [9.17, 15) is 4.79 Å². The third-order valence-corrected chi connectivity index (χ3v) is 7.38. The van der Waals surface area contributed by atoms with Gasteiger partial charge < -0.3 is 10.1 Å². The average Bonchev–Trinajstić information content (AvgIpc) is 2.69. The molecule has 3 nitrogen and oxygen atoms in total. The highest BCUT2D eigenvalue weighted by Crippen LogP contribution is 2.60. The van der Waals surface area contributed by atoms with Gasteiger partial charge in [-0.2, -0.15) is 0 Å². The van der Waals surface area contributed by atoms with Crippen molar-refractivity contribution in [3.05, 3.63) is 65.7 Å². The number of benzene rings is 2. The average molecular weight is 376 g/mol. The second-order valence-electron chi connectivity index (χ2n) is 9.29. The van der Waals surface area contributed by atoms with Crippen LogP contribution in [0.1, 0.15) is 55.8 Å². The summed E-state index contributed by atoms with van der Waals surface area (Å²) in [5, 5.41) is 3.03. The van der Waals surface area contributed by atoms with Gasteiger partial charge in [0.25, 0.3) is 5.91 Å². The van der Waals surface area contributed by atoms with Crippen molar-refractivity contribution in [3.63, 3.8) is 0 Å². The molecule has 0 saturated heterocycles. The monoisotopic (exact) mass is 375 g/mol. The molecular formula is C25H29NO2. The molecule has 3 heteroatoms. The zero-order valence-electron chi connectivity index (χ0n) is 16.6. The Bertz CT molecular complexity index is 807. The molecule has 0 heterocycles. The van der Waals surface area contributed by atoms with Gasteiger partial charge in [-0.15, -0.1) is 0 Å². The van der Waals surface area contributed by atoms with E-state index in [1.54, 1.807) is 7.11 Å². The van der Waals surface area contributed by atoms with Crippen LogP contribution >= 0.6 is 0 Å². The van der Waals surface area contributed by atoms with Gasteiger partial charge in [0.15, 0.2) is 6.10 Å². The van der Waals surface area contributed by atoms with Crippen LogP contribution in [-0.4, -0.2) is 13.0 Å². The highest BCUT2D eigenvalue weighted by molar-refractivity contribution is 5.94. The molecule has 0 radical (unpaired) electrons. The second kappa shape index (κ2) is 7.04. The van der Waals surface area contributed by atoms with E-state index >= 15 is 0 Å². The molecule has 2 aromatic carbocycles. The summed E-state index contributed by atoms with van der Waals surface area (Å²) in [6, 6.07) is 18.3. The fourth-order valence-corrected chi connectivity index (χ4v) is 6.60. The second-order valence-corrected chi connectivity index (χ2v) is 9.29. The molecular weight excluding hydrogens is 346 g/mol. The maximum Gasteiger partial charge on any atom is 0.258 e. The lowest BCUT2D eigenvalue weighted by Crippen LogP contribution is -2.48. The molecule has 2 aromatic rings. The molecule has 4 bridgehead atoms. The Balaban J connectivity index is 1.31. The maximum absolute atomic E-state index is 12.7. The molecule has 6 rings (SSSR count). The zero-order chi connectivity index (χ0) is 19.1. The van der Waals surface area contributed by atoms with E-state index in [0.717, 1.165) is 29.0 Å². The number of hydrogen-bond acceptors (Lipinski definition) is 2. The largest absolute Gasteiger partial charge is 0.367 e. The standard InChI is InChI=1S/C25H29NO2/c1-28-23(20-5-3-2-4-6-20)24(27)26-22-9-7-21(8-10-22)25-14-17-11-18(15-25)13-19(12-17)16-25/h2-10,17-19,23H,11-16H2,1H3,(H,26,27)/t17?,18?,19?,23-,25?/m1/s1. The Hall–Kier alpha value is -2.13. The molecule has 28 heavy (non-hydrogen) atoms. The lowest BCUT2D eigenvalue weighted by atomic mass is 9.48. The van der Waals surface area contributed by atoms with E-state index in [2.05, 4.69) is 29.6 Å². The van der Waals surface area contributed by atoms with E-state index in [1.807, 2.05) is 30.3 Å². The number of carbonyl (C=O) groups is 1. The van der Waals surface area contributed by atoms with Gasteiger partial charge in [0.05, 0.1) is 0 Å². The summed E-state index contributed by atoms with van der Waals surface area (Å²) < 4.78 is 5.45. The minimum absolute atomic E-state index is 0.128. The summed E-state index contributed by atoms with van der Waals surface area (Å²) in [6.07, 6.45) is 7.89. The molecule has 0 spiro atoms. The summed E-state index contributed by atoms with van der Waals surface area (Å²) >= 11 is 0. The summed E-state index contributed by atoms with van der Waals surface area (Å²) in [6.45, 7) is 0. The molecule has 4 fully saturated rings. The third kappa shape index (κ3) is 3.16. The molecule has 4 aliphatic carbocycles. The first-order valence-electron chi connectivity index (χ1n) is 10.6. The number of nitrogens with one attached hydrogen (secondary N) is 1. The summed E-state index contributed by atoms with van der Waals surface area (Å²) in [5.41, 5.74) is 3.59. The smallest absolute Gasteiger partial charge is 0.258 e. The Morgan fingerprint density at radius 1 is 0.929 bits per heavy atom. The van der Waals surface area contributed by atoms with Crippen LogP contribution in [0.2, 0.25) is 0 Å². The van der Waals surface area contributed by atoms with E-state index in [1.165, 1.54) is 44.1 Å². The predicted octanol–water partition coefficient (Wildman–Crippen LogP) is 5.48. The molecule has 1 N–H and O–H groups in total. The van der Waals surface area contributed by atoms with Gasteiger partial charge in [-0.3, -0.25) is 4.79 Å². The molecule has 0 aromatic heterocycles. The normalized spacial score (nSPS) is 31.5. The molecule has 1 amide bonds. The first kappa shape index (κ1) is 17.9. The van der Waals surface area contributed by atoms with Crippen molar-refractivity contribution in [2.75, 3.05) is 12.4 Å².